The van der Waals surface area contributed by atoms with Gasteiger partial charge < -0.3 is 13.9 Å². The molecule has 3 aromatic rings. The minimum absolute atomic E-state index is 0.0849. The number of carboxylic acids is 1. The summed E-state index contributed by atoms with van der Waals surface area (Å²) in [7, 11) is 0. The van der Waals surface area contributed by atoms with Gasteiger partial charge in [-0.3, -0.25) is 4.79 Å². The average Bonchev–Trinajstić information content (AvgIpc) is 3.03. The molecule has 0 bridgehead atoms. The second-order valence-electron chi connectivity index (χ2n) is 4.90. The summed E-state index contributed by atoms with van der Waals surface area (Å²) in [6.45, 7) is 2.01. The van der Waals surface area contributed by atoms with E-state index < -0.39 is 5.97 Å². The van der Waals surface area contributed by atoms with Gasteiger partial charge in [-0.15, -0.1) is 10.2 Å². The summed E-state index contributed by atoms with van der Waals surface area (Å²) in [5.74, 6) is 0.423. The molecule has 108 valence electrons. The van der Waals surface area contributed by atoms with Crippen molar-refractivity contribution in [3.8, 4) is 11.7 Å². The van der Waals surface area contributed by atoms with Crippen molar-refractivity contribution in [1.29, 1.82) is 0 Å². The molecule has 0 fully saturated rings. The van der Waals surface area contributed by atoms with Crippen LogP contribution in [-0.2, 0) is 11.2 Å². The standard InChI is InChI=1S/C15H14N2O4/c1-9-5-6-11-10(7-9)8-12(20-11)15-17-16-13(21-15)3-2-4-14(18)19/h5-8H,2-4H2,1H3,(H,18,19). The SMILES string of the molecule is Cc1ccc2oc(-c3nnc(CCCC(=O)O)o3)cc2c1. The van der Waals surface area contributed by atoms with Crippen LogP contribution in [0.1, 0.15) is 24.3 Å². The van der Waals surface area contributed by atoms with Crippen LogP contribution in [0.4, 0.5) is 0 Å². The van der Waals surface area contributed by atoms with Crippen LogP contribution in [0, 0.1) is 6.92 Å². The quantitative estimate of drug-likeness (QED) is 0.774. The van der Waals surface area contributed by atoms with E-state index in [1.54, 1.807) is 0 Å². The van der Waals surface area contributed by atoms with Gasteiger partial charge in [0, 0.05) is 18.2 Å². The predicted molar refractivity (Wildman–Crippen MR) is 74.8 cm³/mol. The van der Waals surface area contributed by atoms with E-state index in [9.17, 15) is 4.79 Å². The van der Waals surface area contributed by atoms with Gasteiger partial charge in [0.15, 0.2) is 5.76 Å². The Balaban J connectivity index is 1.79. The van der Waals surface area contributed by atoms with Gasteiger partial charge in [-0.2, -0.15) is 0 Å². The normalized spacial score (nSPS) is 11.1. The third-order valence-corrected chi connectivity index (χ3v) is 3.13. The molecule has 2 aromatic heterocycles. The number of carbonyl (C=O) groups is 1. The molecule has 0 radical (unpaired) electrons. The number of hydrogen-bond acceptors (Lipinski definition) is 5. The lowest BCUT2D eigenvalue weighted by Crippen LogP contribution is -1.95. The monoisotopic (exact) mass is 286 g/mol. The molecular weight excluding hydrogens is 272 g/mol. The first-order chi connectivity index (χ1) is 10.1. The molecule has 2 heterocycles. The molecule has 1 N–H and O–H groups in total. The highest BCUT2D eigenvalue weighted by Gasteiger charge is 2.13. The Hall–Kier alpha value is -2.63. The first kappa shape index (κ1) is 13.4. The van der Waals surface area contributed by atoms with Crippen LogP contribution < -0.4 is 0 Å². The molecule has 0 unspecified atom stereocenters. The number of nitrogens with zero attached hydrogens (tertiary/aromatic N) is 2. The fourth-order valence-electron chi connectivity index (χ4n) is 2.11. The fraction of sp³-hybridized carbons (Fsp3) is 0.267. The molecule has 21 heavy (non-hydrogen) atoms. The maximum atomic E-state index is 10.5. The Labute approximate surface area is 120 Å². The van der Waals surface area contributed by atoms with Crippen LogP contribution >= 0.6 is 0 Å². The maximum absolute atomic E-state index is 10.5. The number of benzene rings is 1. The molecule has 0 aliphatic rings. The van der Waals surface area contributed by atoms with Crippen LogP contribution in [0.3, 0.4) is 0 Å². The van der Waals surface area contributed by atoms with Crippen molar-refractivity contribution < 1.29 is 18.7 Å². The van der Waals surface area contributed by atoms with Gasteiger partial charge in [0.2, 0.25) is 5.89 Å². The minimum Gasteiger partial charge on any atom is -0.481 e. The van der Waals surface area contributed by atoms with Crippen LogP contribution in [0.2, 0.25) is 0 Å². The number of fused-ring (bicyclic) bond motifs is 1. The van der Waals surface area contributed by atoms with Gasteiger partial charge in [0.05, 0.1) is 0 Å². The number of furan rings is 1. The second kappa shape index (κ2) is 5.40. The number of rotatable bonds is 5. The summed E-state index contributed by atoms with van der Waals surface area (Å²) < 4.78 is 11.2. The molecule has 3 rings (SSSR count). The van der Waals surface area contributed by atoms with Gasteiger partial charge >= 0.3 is 5.97 Å². The van der Waals surface area contributed by atoms with Crippen LogP contribution in [0.5, 0.6) is 0 Å². The lowest BCUT2D eigenvalue weighted by atomic mass is 10.2. The Kier molecular flexibility index (Phi) is 3.43. The third-order valence-electron chi connectivity index (χ3n) is 3.13. The van der Waals surface area contributed by atoms with Gasteiger partial charge in [0.25, 0.3) is 5.89 Å². The number of aromatic nitrogens is 2. The summed E-state index contributed by atoms with van der Waals surface area (Å²) in [5.41, 5.74) is 1.91. The van der Waals surface area contributed by atoms with E-state index >= 15 is 0 Å². The molecule has 0 aliphatic carbocycles. The predicted octanol–water partition coefficient (Wildman–Crippen LogP) is 3.20. The summed E-state index contributed by atoms with van der Waals surface area (Å²) in [6, 6.07) is 7.75. The Morgan fingerprint density at radius 2 is 2.10 bits per heavy atom. The Bertz CT molecular complexity index is 788. The highest BCUT2D eigenvalue weighted by atomic mass is 16.4. The van der Waals surface area contributed by atoms with E-state index in [1.807, 2.05) is 31.2 Å². The van der Waals surface area contributed by atoms with E-state index in [2.05, 4.69) is 10.2 Å². The molecule has 0 amide bonds. The molecule has 1 aromatic carbocycles. The van der Waals surface area contributed by atoms with Crippen molar-refractivity contribution in [1.82, 2.24) is 10.2 Å². The van der Waals surface area contributed by atoms with Crippen molar-refractivity contribution in [2.75, 3.05) is 0 Å². The lowest BCUT2D eigenvalue weighted by Gasteiger charge is -1.91. The van der Waals surface area contributed by atoms with Gasteiger partial charge in [-0.05, 0) is 31.5 Å². The maximum Gasteiger partial charge on any atom is 0.303 e. The van der Waals surface area contributed by atoms with E-state index in [-0.39, 0.29) is 6.42 Å². The van der Waals surface area contributed by atoms with E-state index in [0.717, 1.165) is 16.5 Å². The van der Waals surface area contributed by atoms with Crippen molar-refractivity contribution in [3.63, 3.8) is 0 Å². The van der Waals surface area contributed by atoms with Gasteiger partial charge in [-0.1, -0.05) is 11.6 Å². The molecule has 0 aliphatic heterocycles. The molecule has 0 saturated heterocycles. The second-order valence-corrected chi connectivity index (χ2v) is 4.90. The van der Waals surface area contributed by atoms with E-state index in [0.29, 0.717) is 30.4 Å². The molecular formula is C15H14N2O4. The summed E-state index contributed by atoms with van der Waals surface area (Å²) in [4.78, 5) is 10.5. The van der Waals surface area contributed by atoms with Crippen LogP contribution in [0.25, 0.3) is 22.6 Å². The zero-order valence-electron chi connectivity index (χ0n) is 11.5. The Morgan fingerprint density at radius 3 is 2.90 bits per heavy atom. The van der Waals surface area contributed by atoms with Gasteiger partial charge in [-0.25, -0.2) is 0 Å². The van der Waals surface area contributed by atoms with E-state index in [1.165, 1.54) is 0 Å². The summed E-state index contributed by atoms with van der Waals surface area (Å²) >= 11 is 0. The Morgan fingerprint density at radius 1 is 1.24 bits per heavy atom. The average molecular weight is 286 g/mol. The summed E-state index contributed by atoms with van der Waals surface area (Å²) in [6.07, 6.45) is 0.997. The number of aryl methyl sites for hydroxylation is 2. The number of carboxylic acid groups (broad SMARTS) is 1. The molecule has 0 atom stereocenters. The first-order valence-electron chi connectivity index (χ1n) is 6.66. The summed E-state index contributed by atoms with van der Waals surface area (Å²) in [5, 5.41) is 17.4. The first-order valence-corrected chi connectivity index (χ1v) is 6.66. The lowest BCUT2D eigenvalue weighted by molar-refractivity contribution is -0.137. The van der Waals surface area contributed by atoms with Crippen molar-refractivity contribution in [3.05, 3.63) is 35.7 Å². The van der Waals surface area contributed by atoms with Crippen LogP contribution in [0.15, 0.2) is 33.1 Å². The molecule has 0 spiro atoms. The zero-order valence-corrected chi connectivity index (χ0v) is 11.5. The zero-order chi connectivity index (χ0) is 14.8. The third kappa shape index (κ3) is 2.94. The largest absolute Gasteiger partial charge is 0.481 e. The van der Waals surface area contributed by atoms with Crippen molar-refractivity contribution in [2.24, 2.45) is 0 Å². The molecule has 0 saturated carbocycles. The van der Waals surface area contributed by atoms with E-state index in [4.69, 9.17) is 13.9 Å². The fourth-order valence-corrected chi connectivity index (χ4v) is 2.11. The number of aliphatic carboxylic acids is 1. The molecule has 6 heteroatoms. The van der Waals surface area contributed by atoms with Gasteiger partial charge in [0.1, 0.15) is 5.58 Å². The van der Waals surface area contributed by atoms with Crippen molar-refractivity contribution >= 4 is 16.9 Å². The minimum atomic E-state index is -0.831. The topological polar surface area (TPSA) is 89.4 Å². The smallest absolute Gasteiger partial charge is 0.303 e. The molecule has 6 nitrogen and oxygen atoms in total. The number of hydrogen-bond donors (Lipinski definition) is 1. The highest BCUT2D eigenvalue weighted by Crippen LogP contribution is 2.27. The van der Waals surface area contributed by atoms with Crippen LogP contribution in [-0.4, -0.2) is 21.3 Å². The highest BCUT2D eigenvalue weighted by molar-refractivity contribution is 5.82. The van der Waals surface area contributed by atoms with Crippen molar-refractivity contribution in [2.45, 2.75) is 26.2 Å².